The standard InChI is InChI=1S/C13H26N2OS/c1-11(2)10-15-13(17)14-8-9-16-12-6-4-3-5-7-12/h11-12H,3-10H2,1-2H3,(H2,14,15,17). The Morgan fingerprint density at radius 2 is 1.94 bits per heavy atom. The van der Waals surface area contributed by atoms with E-state index in [-0.39, 0.29) is 0 Å². The van der Waals surface area contributed by atoms with E-state index in [2.05, 4.69) is 24.5 Å². The van der Waals surface area contributed by atoms with Crippen LogP contribution in [0, 0.1) is 5.92 Å². The fraction of sp³-hybridized carbons (Fsp3) is 0.923. The van der Waals surface area contributed by atoms with Crippen molar-refractivity contribution in [3.8, 4) is 0 Å². The first-order valence-electron chi connectivity index (χ1n) is 6.82. The molecule has 0 aromatic heterocycles. The van der Waals surface area contributed by atoms with Gasteiger partial charge in [-0.05, 0) is 31.0 Å². The van der Waals surface area contributed by atoms with E-state index in [0.717, 1.165) is 24.8 Å². The molecule has 2 N–H and O–H groups in total. The molecule has 4 heteroatoms. The van der Waals surface area contributed by atoms with Gasteiger partial charge in [0.2, 0.25) is 0 Å². The molecule has 0 spiro atoms. The monoisotopic (exact) mass is 258 g/mol. The van der Waals surface area contributed by atoms with Gasteiger partial charge in [-0.15, -0.1) is 0 Å². The fourth-order valence-electron chi connectivity index (χ4n) is 1.98. The van der Waals surface area contributed by atoms with Crippen LogP contribution in [0.5, 0.6) is 0 Å². The minimum atomic E-state index is 0.489. The van der Waals surface area contributed by atoms with Gasteiger partial charge in [-0.3, -0.25) is 0 Å². The topological polar surface area (TPSA) is 33.3 Å². The van der Waals surface area contributed by atoms with E-state index in [1.54, 1.807) is 0 Å². The lowest BCUT2D eigenvalue weighted by Gasteiger charge is -2.22. The molecule has 0 bridgehead atoms. The van der Waals surface area contributed by atoms with Crippen molar-refractivity contribution in [2.75, 3.05) is 19.7 Å². The highest BCUT2D eigenvalue weighted by Gasteiger charge is 2.12. The zero-order valence-electron chi connectivity index (χ0n) is 11.1. The molecule has 0 aromatic rings. The zero-order chi connectivity index (χ0) is 12.5. The molecule has 0 aliphatic heterocycles. The molecule has 0 unspecified atom stereocenters. The summed E-state index contributed by atoms with van der Waals surface area (Å²) in [6.45, 7) is 6.83. The molecule has 0 saturated heterocycles. The van der Waals surface area contributed by atoms with Crippen LogP contribution < -0.4 is 10.6 Å². The molecule has 3 nitrogen and oxygen atoms in total. The van der Waals surface area contributed by atoms with E-state index in [4.69, 9.17) is 17.0 Å². The average Bonchev–Trinajstić information content (AvgIpc) is 2.33. The smallest absolute Gasteiger partial charge is 0.166 e. The van der Waals surface area contributed by atoms with Crippen LogP contribution in [0.2, 0.25) is 0 Å². The van der Waals surface area contributed by atoms with Gasteiger partial charge in [-0.25, -0.2) is 0 Å². The minimum absolute atomic E-state index is 0.489. The molecule has 1 rings (SSSR count). The number of thiocarbonyl (C=S) groups is 1. The third-order valence-corrected chi connectivity index (χ3v) is 3.25. The summed E-state index contributed by atoms with van der Waals surface area (Å²) in [5.74, 6) is 0.619. The lowest BCUT2D eigenvalue weighted by molar-refractivity contribution is 0.0318. The van der Waals surface area contributed by atoms with Crippen LogP contribution in [-0.2, 0) is 4.74 Å². The first-order chi connectivity index (χ1) is 8.18. The molecule has 0 aromatic carbocycles. The number of hydrogen-bond acceptors (Lipinski definition) is 2. The van der Waals surface area contributed by atoms with Crippen molar-refractivity contribution in [2.24, 2.45) is 5.92 Å². The summed E-state index contributed by atoms with van der Waals surface area (Å²) in [4.78, 5) is 0. The van der Waals surface area contributed by atoms with E-state index < -0.39 is 0 Å². The van der Waals surface area contributed by atoms with Crippen LogP contribution in [0.4, 0.5) is 0 Å². The molecule has 0 amide bonds. The summed E-state index contributed by atoms with van der Waals surface area (Å²) in [7, 11) is 0. The van der Waals surface area contributed by atoms with Crippen LogP contribution in [0.3, 0.4) is 0 Å². The van der Waals surface area contributed by atoms with Gasteiger partial charge < -0.3 is 15.4 Å². The Labute approximate surface area is 111 Å². The van der Waals surface area contributed by atoms with E-state index in [1.807, 2.05) is 0 Å². The Bertz CT molecular complexity index is 215. The second-order valence-electron chi connectivity index (χ2n) is 5.16. The summed E-state index contributed by atoms with van der Waals surface area (Å²) < 4.78 is 5.81. The summed E-state index contributed by atoms with van der Waals surface area (Å²) in [5.41, 5.74) is 0. The zero-order valence-corrected chi connectivity index (χ0v) is 11.9. The highest BCUT2D eigenvalue weighted by molar-refractivity contribution is 7.80. The summed E-state index contributed by atoms with van der Waals surface area (Å²) in [5, 5.41) is 7.10. The molecule has 1 fully saturated rings. The van der Waals surface area contributed by atoms with Crippen molar-refractivity contribution in [2.45, 2.75) is 52.1 Å². The Balaban J connectivity index is 1.94. The lowest BCUT2D eigenvalue weighted by Crippen LogP contribution is -2.39. The fourth-order valence-corrected chi connectivity index (χ4v) is 2.17. The highest BCUT2D eigenvalue weighted by Crippen LogP contribution is 2.19. The maximum atomic E-state index is 5.81. The summed E-state index contributed by atoms with van der Waals surface area (Å²) in [6.07, 6.45) is 6.98. The number of ether oxygens (including phenoxy) is 1. The quantitative estimate of drug-likeness (QED) is 0.566. The number of rotatable bonds is 6. The number of hydrogen-bond donors (Lipinski definition) is 2. The molecule has 1 aliphatic rings. The van der Waals surface area contributed by atoms with Gasteiger partial charge >= 0.3 is 0 Å². The third-order valence-electron chi connectivity index (χ3n) is 2.96. The first-order valence-corrected chi connectivity index (χ1v) is 7.22. The number of nitrogens with one attached hydrogen (secondary N) is 2. The van der Waals surface area contributed by atoms with Gasteiger partial charge in [0.05, 0.1) is 12.7 Å². The molecule has 0 radical (unpaired) electrons. The molecule has 1 aliphatic carbocycles. The van der Waals surface area contributed by atoms with E-state index >= 15 is 0 Å². The lowest BCUT2D eigenvalue weighted by atomic mass is 9.98. The second kappa shape index (κ2) is 8.70. The van der Waals surface area contributed by atoms with Crippen LogP contribution in [-0.4, -0.2) is 30.9 Å². The molecule has 0 atom stereocenters. The average molecular weight is 258 g/mol. The van der Waals surface area contributed by atoms with E-state index in [0.29, 0.717) is 12.0 Å². The van der Waals surface area contributed by atoms with Crippen molar-refractivity contribution in [1.82, 2.24) is 10.6 Å². The van der Waals surface area contributed by atoms with Gasteiger partial charge in [0.1, 0.15) is 0 Å². The van der Waals surface area contributed by atoms with Crippen LogP contribution in [0.25, 0.3) is 0 Å². The Kier molecular flexibility index (Phi) is 7.53. The molecule has 1 saturated carbocycles. The van der Waals surface area contributed by atoms with Gasteiger partial charge in [0.25, 0.3) is 0 Å². The maximum absolute atomic E-state index is 5.81. The molecular weight excluding hydrogens is 232 g/mol. The molecule has 100 valence electrons. The predicted octanol–water partition coefficient (Wildman–Crippen LogP) is 2.46. The normalized spacial score (nSPS) is 17.1. The molecule has 0 heterocycles. The SMILES string of the molecule is CC(C)CNC(=S)NCCOC1CCCCC1. The molecular formula is C13H26N2OS. The van der Waals surface area contributed by atoms with Crippen molar-refractivity contribution in [1.29, 1.82) is 0 Å². The second-order valence-corrected chi connectivity index (χ2v) is 5.57. The van der Waals surface area contributed by atoms with Gasteiger partial charge in [-0.2, -0.15) is 0 Å². The van der Waals surface area contributed by atoms with Crippen molar-refractivity contribution in [3.63, 3.8) is 0 Å². The Morgan fingerprint density at radius 3 is 2.59 bits per heavy atom. The summed E-state index contributed by atoms with van der Waals surface area (Å²) >= 11 is 5.16. The minimum Gasteiger partial charge on any atom is -0.376 e. The van der Waals surface area contributed by atoms with Crippen LogP contribution >= 0.6 is 12.2 Å². The van der Waals surface area contributed by atoms with Crippen LogP contribution in [0.15, 0.2) is 0 Å². The Hall–Kier alpha value is -0.350. The third kappa shape index (κ3) is 7.55. The van der Waals surface area contributed by atoms with Crippen molar-refractivity contribution in [3.05, 3.63) is 0 Å². The van der Waals surface area contributed by atoms with E-state index in [9.17, 15) is 0 Å². The largest absolute Gasteiger partial charge is 0.376 e. The van der Waals surface area contributed by atoms with Gasteiger partial charge in [0.15, 0.2) is 5.11 Å². The summed E-state index contributed by atoms with van der Waals surface area (Å²) in [6, 6.07) is 0. The predicted molar refractivity (Wildman–Crippen MR) is 76.3 cm³/mol. The molecule has 17 heavy (non-hydrogen) atoms. The van der Waals surface area contributed by atoms with Crippen molar-refractivity contribution >= 4 is 17.3 Å². The van der Waals surface area contributed by atoms with E-state index in [1.165, 1.54) is 32.1 Å². The highest BCUT2D eigenvalue weighted by atomic mass is 32.1. The van der Waals surface area contributed by atoms with Gasteiger partial charge in [-0.1, -0.05) is 33.1 Å². The first kappa shape index (κ1) is 14.7. The maximum Gasteiger partial charge on any atom is 0.166 e. The van der Waals surface area contributed by atoms with Gasteiger partial charge in [0, 0.05) is 13.1 Å². The van der Waals surface area contributed by atoms with Crippen molar-refractivity contribution < 1.29 is 4.74 Å². The van der Waals surface area contributed by atoms with Crippen LogP contribution in [0.1, 0.15) is 46.0 Å². The Morgan fingerprint density at radius 1 is 1.24 bits per heavy atom.